The minimum Gasteiger partial charge on any atom is -0.378 e. The van der Waals surface area contributed by atoms with E-state index in [1.807, 2.05) is 0 Å². The molecule has 6 heteroatoms. The second-order valence-corrected chi connectivity index (χ2v) is 3.46. The summed E-state index contributed by atoms with van der Waals surface area (Å²) in [4.78, 5) is 21.4. The summed E-state index contributed by atoms with van der Waals surface area (Å²) < 4.78 is 5.17. The van der Waals surface area contributed by atoms with E-state index in [9.17, 15) is 4.79 Å². The molecule has 0 aromatic carbocycles. The highest BCUT2D eigenvalue weighted by molar-refractivity contribution is 5.88. The molecule has 0 aliphatic carbocycles. The third kappa shape index (κ3) is 2.66. The van der Waals surface area contributed by atoms with Gasteiger partial charge in [0.1, 0.15) is 11.6 Å². The van der Waals surface area contributed by atoms with E-state index in [4.69, 9.17) is 4.74 Å². The standard InChI is InChI=1S/C10H13N4O2/c1-8-11-3-2-9(12-8)13-10(15)14-4-6-16-7-5-14/h2H,4-7H2,1H3,(H,11,12,13,15). The SMILES string of the molecule is Cc1n[c]cc(NC(=O)N2CCOCC2)n1. The number of aromatic nitrogens is 2. The molecule has 0 saturated carbocycles. The summed E-state index contributed by atoms with van der Waals surface area (Å²) in [7, 11) is 0. The van der Waals surface area contributed by atoms with E-state index in [0.717, 1.165) is 0 Å². The van der Waals surface area contributed by atoms with Crippen molar-refractivity contribution in [3.8, 4) is 0 Å². The molecule has 1 aliphatic heterocycles. The van der Waals surface area contributed by atoms with Gasteiger partial charge in [0.15, 0.2) is 0 Å². The van der Waals surface area contributed by atoms with Gasteiger partial charge in [-0.05, 0) is 6.92 Å². The van der Waals surface area contributed by atoms with Gasteiger partial charge in [-0.15, -0.1) is 0 Å². The largest absolute Gasteiger partial charge is 0.378 e. The van der Waals surface area contributed by atoms with Crippen LogP contribution in [0.1, 0.15) is 5.82 Å². The monoisotopic (exact) mass is 221 g/mol. The lowest BCUT2D eigenvalue weighted by atomic mass is 10.4. The summed E-state index contributed by atoms with van der Waals surface area (Å²) in [6, 6.07) is 1.39. The molecule has 0 spiro atoms. The molecular weight excluding hydrogens is 208 g/mol. The maximum Gasteiger partial charge on any atom is 0.323 e. The van der Waals surface area contributed by atoms with E-state index in [0.29, 0.717) is 37.9 Å². The van der Waals surface area contributed by atoms with E-state index in [2.05, 4.69) is 21.5 Å². The lowest BCUT2D eigenvalue weighted by molar-refractivity contribution is 0.0564. The molecule has 16 heavy (non-hydrogen) atoms. The first kappa shape index (κ1) is 10.8. The van der Waals surface area contributed by atoms with Crippen LogP contribution in [0.4, 0.5) is 10.6 Å². The van der Waals surface area contributed by atoms with Gasteiger partial charge < -0.3 is 9.64 Å². The molecule has 1 aliphatic rings. The van der Waals surface area contributed by atoms with E-state index in [-0.39, 0.29) is 6.03 Å². The molecule has 85 valence electrons. The van der Waals surface area contributed by atoms with Gasteiger partial charge in [0, 0.05) is 19.2 Å². The summed E-state index contributed by atoms with van der Waals surface area (Å²) >= 11 is 0. The van der Waals surface area contributed by atoms with E-state index in [1.54, 1.807) is 17.9 Å². The zero-order valence-corrected chi connectivity index (χ0v) is 9.06. The fourth-order valence-corrected chi connectivity index (χ4v) is 1.44. The lowest BCUT2D eigenvalue weighted by Gasteiger charge is -2.26. The predicted molar refractivity (Wildman–Crippen MR) is 57.0 cm³/mol. The number of carbonyl (C=O) groups is 1. The van der Waals surface area contributed by atoms with Crippen LogP contribution in [-0.4, -0.2) is 47.2 Å². The van der Waals surface area contributed by atoms with Crippen molar-refractivity contribution in [2.75, 3.05) is 31.6 Å². The smallest absolute Gasteiger partial charge is 0.323 e. The quantitative estimate of drug-likeness (QED) is 0.747. The summed E-state index contributed by atoms with van der Waals surface area (Å²) in [5, 5.41) is 2.70. The van der Waals surface area contributed by atoms with Crippen molar-refractivity contribution in [2.45, 2.75) is 6.92 Å². The normalized spacial score (nSPS) is 15.9. The number of hydrogen-bond acceptors (Lipinski definition) is 4. The van der Waals surface area contributed by atoms with Gasteiger partial charge in [-0.3, -0.25) is 5.32 Å². The average Bonchev–Trinajstić information content (AvgIpc) is 2.30. The Labute approximate surface area is 93.6 Å². The van der Waals surface area contributed by atoms with Crippen molar-refractivity contribution in [1.29, 1.82) is 0 Å². The molecule has 1 aromatic heterocycles. The summed E-state index contributed by atoms with van der Waals surface area (Å²) in [6.07, 6.45) is 2.67. The molecule has 1 radical (unpaired) electrons. The Balaban J connectivity index is 1.96. The molecule has 1 N–H and O–H groups in total. The van der Waals surface area contributed by atoms with Crippen molar-refractivity contribution >= 4 is 11.8 Å². The first-order chi connectivity index (χ1) is 7.75. The van der Waals surface area contributed by atoms with Crippen LogP contribution in [-0.2, 0) is 4.74 Å². The van der Waals surface area contributed by atoms with Crippen LogP contribution in [0.2, 0.25) is 0 Å². The number of ether oxygens (including phenoxy) is 1. The molecule has 1 fully saturated rings. The minimum absolute atomic E-state index is 0.158. The van der Waals surface area contributed by atoms with Crippen molar-refractivity contribution in [2.24, 2.45) is 0 Å². The fraction of sp³-hybridized carbons (Fsp3) is 0.500. The van der Waals surface area contributed by atoms with Gasteiger partial charge in [-0.1, -0.05) is 0 Å². The maximum absolute atomic E-state index is 11.8. The van der Waals surface area contributed by atoms with E-state index < -0.39 is 0 Å². The number of urea groups is 1. The maximum atomic E-state index is 11.8. The van der Waals surface area contributed by atoms with Gasteiger partial charge in [0.05, 0.1) is 19.4 Å². The summed E-state index contributed by atoms with van der Waals surface area (Å²) in [6.45, 7) is 4.14. The number of amides is 2. The number of hydrogen-bond donors (Lipinski definition) is 1. The fourth-order valence-electron chi connectivity index (χ4n) is 1.44. The Hall–Kier alpha value is -1.69. The molecule has 1 saturated heterocycles. The first-order valence-electron chi connectivity index (χ1n) is 5.11. The molecule has 2 amide bonds. The summed E-state index contributed by atoms with van der Waals surface area (Å²) in [5.41, 5.74) is 0. The molecule has 2 rings (SSSR count). The number of morpholine rings is 1. The zero-order valence-electron chi connectivity index (χ0n) is 9.06. The molecular formula is C10H13N4O2. The van der Waals surface area contributed by atoms with Gasteiger partial charge in [0.25, 0.3) is 0 Å². The van der Waals surface area contributed by atoms with E-state index in [1.165, 1.54) is 0 Å². The Kier molecular flexibility index (Phi) is 3.31. The number of nitrogens with one attached hydrogen (secondary N) is 1. The number of carbonyl (C=O) groups excluding carboxylic acids is 1. The minimum atomic E-state index is -0.158. The Morgan fingerprint density at radius 2 is 2.31 bits per heavy atom. The topological polar surface area (TPSA) is 67.4 Å². The Morgan fingerprint density at radius 3 is 3.00 bits per heavy atom. The van der Waals surface area contributed by atoms with Crippen LogP contribution >= 0.6 is 0 Å². The highest BCUT2D eigenvalue weighted by atomic mass is 16.5. The van der Waals surface area contributed by atoms with Crippen molar-refractivity contribution in [1.82, 2.24) is 14.9 Å². The number of nitrogens with zero attached hydrogens (tertiary/aromatic N) is 3. The highest BCUT2D eigenvalue weighted by Crippen LogP contribution is 2.04. The summed E-state index contributed by atoms with van der Waals surface area (Å²) in [5.74, 6) is 1.06. The Bertz CT molecular complexity index is 377. The first-order valence-corrected chi connectivity index (χ1v) is 5.11. The average molecular weight is 221 g/mol. The van der Waals surface area contributed by atoms with Crippen LogP contribution in [0.5, 0.6) is 0 Å². The second kappa shape index (κ2) is 4.89. The number of rotatable bonds is 1. The van der Waals surface area contributed by atoms with Crippen LogP contribution < -0.4 is 5.32 Å². The van der Waals surface area contributed by atoms with Gasteiger partial charge in [-0.25, -0.2) is 14.8 Å². The third-order valence-corrected chi connectivity index (χ3v) is 2.24. The van der Waals surface area contributed by atoms with Gasteiger partial charge in [0.2, 0.25) is 0 Å². The molecule has 1 aromatic rings. The van der Waals surface area contributed by atoms with Crippen LogP contribution in [0.15, 0.2) is 6.07 Å². The molecule has 2 heterocycles. The third-order valence-electron chi connectivity index (χ3n) is 2.24. The number of anilines is 1. The van der Waals surface area contributed by atoms with Crippen molar-refractivity contribution in [3.63, 3.8) is 0 Å². The van der Waals surface area contributed by atoms with Gasteiger partial charge >= 0.3 is 6.03 Å². The highest BCUT2D eigenvalue weighted by Gasteiger charge is 2.16. The van der Waals surface area contributed by atoms with Crippen molar-refractivity contribution < 1.29 is 9.53 Å². The second-order valence-electron chi connectivity index (χ2n) is 3.46. The van der Waals surface area contributed by atoms with Gasteiger partial charge in [-0.2, -0.15) is 0 Å². The predicted octanol–water partition coefficient (Wildman–Crippen LogP) is 0.449. The Morgan fingerprint density at radius 1 is 1.56 bits per heavy atom. The molecule has 0 atom stereocenters. The van der Waals surface area contributed by atoms with Crippen LogP contribution in [0, 0.1) is 13.1 Å². The van der Waals surface area contributed by atoms with Crippen LogP contribution in [0.3, 0.4) is 0 Å². The molecule has 6 nitrogen and oxygen atoms in total. The molecule has 0 unspecified atom stereocenters. The zero-order chi connectivity index (χ0) is 11.4. The van der Waals surface area contributed by atoms with Crippen LogP contribution in [0.25, 0.3) is 0 Å². The van der Waals surface area contributed by atoms with Crippen molar-refractivity contribution in [3.05, 3.63) is 18.1 Å². The lowest BCUT2D eigenvalue weighted by Crippen LogP contribution is -2.43. The van der Waals surface area contributed by atoms with E-state index >= 15 is 0 Å². The molecule has 0 bridgehead atoms. The number of aryl methyl sites for hydroxylation is 1.